The van der Waals surface area contributed by atoms with Gasteiger partial charge in [0, 0.05) is 23.9 Å². The largest absolute Gasteiger partial charge is 0.456 e. The molecule has 5 aromatic carbocycles. The van der Waals surface area contributed by atoms with Crippen molar-refractivity contribution in [2.24, 2.45) is 0 Å². The molecule has 1 unspecified atom stereocenters. The average Bonchev–Trinajstić information content (AvgIpc) is 2.84. The first-order valence-electron chi connectivity index (χ1n) is 10.4. The molecule has 0 aliphatic carbocycles. The zero-order chi connectivity index (χ0) is 20.4. The van der Waals surface area contributed by atoms with Crippen LogP contribution in [0.25, 0.3) is 21.9 Å². The molecule has 7 rings (SSSR count). The molecule has 146 valence electrons. The van der Waals surface area contributed by atoms with E-state index in [1.165, 1.54) is 21.3 Å². The molecule has 0 fully saturated rings. The Morgan fingerprint density at radius 3 is 2.16 bits per heavy atom. The molecule has 0 radical (unpaired) electrons. The van der Waals surface area contributed by atoms with E-state index in [2.05, 4.69) is 91.0 Å². The topological polar surface area (TPSA) is 18.5 Å². The minimum absolute atomic E-state index is 0.756. The van der Waals surface area contributed by atoms with Crippen molar-refractivity contribution >= 4 is 34.6 Å². The van der Waals surface area contributed by atoms with Gasteiger partial charge in [0.15, 0.2) is 0 Å². The number of hydrogen-bond acceptors (Lipinski definition) is 2. The molecule has 0 saturated carbocycles. The first-order valence-corrected chi connectivity index (χ1v) is 11.7. The van der Waals surface area contributed by atoms with E-state index in [4.69, 9.17) is 9.47 Å². The van der Waals surface area contributed by atoms with E-state index in [1.54, 1.807) is 0 Å². The summed E-state index contributed by atoms with van der Waals surface area (Å²) in [5, 5.41) is 6.03. The second kappa shape index (κ2) is 6.44. The van der Waals surface area contributed by atoms with Crippen molar-refractivity contribution in [3.8, 4) is 34.1 Å². The van der Waals surface area contributed by atoms with Gasteiger partial charge in [-0.3, -0.25) is 0 Å². The van der Waals surface area contributed by atoms with Gasteiger partial charge < -0.3 is 9.47 Å². The third-order valence-corrected chi connectivity index (χ3v) is 8.58. The van der Waals surface area contributed by atoms with Gasteiger partial charge in [0.2, 0.25) is 0 Å². The van der Waals surface area contributed by atoms with Gasteiger partial charge in [-0.1, -0.05) is 78.9 Å². The van der Waals surface area contributed by atoms with Crippen LogP contribution in [0.2, 0.25) is 0 Å². The fraction of sp³-hybridized carbons (Fsp3) is 0. The first kappa shape index (κ1) is 17.1. The van der Waals surface area contributed by atoms with E-state index in [0.717, 1.165) is 39.5 Å². The van der Waals surface area contributed by atoms with E-state index in [-0.39, 0.29) is 0 Å². The molecular weight excluding hydrogens is 399 g/mol. The van der Waals surface area contributed by atoms with Crippen molar-refractivity contribution < 1.29 is 9.47 Å². The molecule has 3 heteroatoms. The molecule has 2 aliphatic heterocycles. The Labute approximate surface area is 181 Å². The smallest absolute Gasteiger partial charge is 0.143 e. The maximum absolute atomic E-state index is 6.65. The van der Waals surface area contributed by atoms with Crippen molar-refractivity contribution in [2.75, 3.05) is 0 Å². The van der Waals surface area contributed by atoms with Crippen LogP contribution in [0.1, 0.15) is 0 Å². The first-order chi connectivity index (χ1) is 15.4. The fourth-order valence-corrected chi connectivity index (χ4v) is 7.17. The molecular formula is C28H17O2P. The van der Waals surface area contributed by atoms with E-state index >= 15 is 0 Å². The fourth-order valence-electron chi connectivity index (χ4n) is 4.60. The highest BCUT2D eigenvalue weighted by atomic mass is 31.1. The van der Waals surface area contributed by atoms with Crippen LogP contribution in [-0.4, -0.2) is 0 Å². The van der Waals surface area contributed by atoms with Crippen LogP contribution >= 0.6 is 7.92 Å². The van der Waals surface area contributed by atoms with Gasteiger partial charge >= 0.3 is 0 Å². The summed E-state index contributed by atoms with van der Waals surface area (Å²) in [4.78, 5) is 0. The summed E-state index contributed by atoms with van der Waals surface area (Å²) in [5.74, 6) is 3.73. The zero-order valence-electron chi connectivity index (χ0n) is 16.6. The number of ether oxygens (including phenoxy) is 2. The van der Waals surface area contributed by atoms with Gasteiger partial charge in [-0.05, 0) is 40.8 Å². The van der Waals surface area contributed by atoms with Gasteiger partial charge in [0.1, 0.15) is 23.0 Å². The lowest BCUT2D eigenvalue weighted by Crippen LogP contribution is -2.32. The lowest BCUT2D eigenvalue weighted by Gasteiger charge is -2.35. The summed E-state index contributed by atoms with van der Waals surface area (Å²) in [6.07, 6.45) is 0. The highest BCUT2D eigenvalue weighted by molar-refractivity contribution is 7.80. The normalized spacial score (nSPS) is 15.3. The van der Waals surface area contributed by atoms with Crippen LogP contribution in [0.5, 0.6) is 23.0 Å². The third-order valence-electron chi connectivity index (χ3n) is 6.01. The standard InChI is InChI=1S/C28H17O2P/c1-2-8-18(9-3-1)20-16-23-28-24(17-20)30-27-21-11-5-4-10-19(21)14-15-26(27)31(28)25-13-7-6-12-22(25)29-23/h1-17H. The van der Waals surface area contributed by atoms with Gasteiger partial charge in [-0.25, -0.2) is 0 Å². The van der Waals surface area contributed by atoms with Gasteiger partial charge in [0.05, 0.1) is 5.30 Å². The molecule has 0 amide bonds. The van der Waals surface area contributed by atoms with Crippen molar-refractivity contribution in [2.45, 2.75) is 0 Å². The van der Waals surface area contributed by atoms with E-state index < -0.39 is 7.92 Å². The lowest BCUT2D eigenvalue weighted by atomic mass is 10.0. The maximum Gasteiger partial charge on any atom is 0.143 e. The van der Waals surface area contributed by atoms with Crippen LogP contribution in [0.15, 0.2) is 103 Å². The van der Waals surface area contributed by atoms with Crippen molar-refractivity contribution in [1.29, 1.82) is 0 Å². The predicted octanol–water partition coefficient (Wildman–Crippen LogP) is 6.48. The van der Waals surface area contributed by atoms with Crippen LogP contribution in [0, 0.1) is 0 Å². The second-order valence-corrected chi connectivity index (χ2v) is 9.91. The summed E-state index contributed by atoms with van der Waals surface area (Å²) in [6, 6.07) is 36.1. The Kier molecular flexibility index (Phi) is 3.56. The minimum Gasteiger partial charge on any atom is -0.456 e. The number of benzene rings is 5. The SMILES string of the molecule is c1ccc(-c2cc3c4c(c2)Oc2c(ccc5ccccc25)P4c2ccccc2O3)cc1. The molecule has 2 aliphatic rings. The summed E-state index contributed by atoms with van der Waals surface area (Å²) in [7, 11) is -0.756. The Morgan fingerprint density at radius 1 is 0.516 bits per heavy atom. The van der Waals surface area contributed by atoms with Crippen molar-refractivity contribution in [3.63, 3.8) is 0 Å². The predicted molar refractivity (Wildman–Crippen MR) is 128 cm³/mol. The average molecular weight is 416 g/mol. The minimum atomic E-state index is -0.756. The van der Waals surface area contributed by atoms with Crippen LogP contribution in [0.4, 0.5) is 0 Å². The molecule has 31 heavy (non-hydrogen) atoms. The van der Waals surface area contributed by atoms with Gasteiger partial charge in [-0.15, -0.1) is 0 Å². The molecule has 0 aromatic heterocycles. The highest BCUT2D eigenvalue weighted by Crippen LogP contribution is 2.54. The van der Waals surface area contributed by atoms with Crippen molar-refractivity contribution in [3.05, 3.63) is 103 Å². The van der Waals surface area contributed by atoms with E-state index in [0.29, 0.717) is 0 Å². The Hall–Kier alpha value is -3.61. The van der Waals surface area contributed by atoms with Crippen LogP contribution < -0.4 is 25.4 Å². The Balaban J connectivity index is 1.55. The summed E-state index contributed by atoms with van der Waals surface area (Å²) in [6.45, 7) is 0. The number of hydrogen-bond donors (Lipinski definition) is 0. The molecule has 0 saturated heterocycles. The molecule has 0 bridgehead atoms. The number of fused-ring (bicyclic) bond motifs is 6. The monoisotopic (exact) mass is 416 g/mol. The van der Waals surface area contributed by atoms with Crippen LogP contribution in [0.3, 0.4) is 0 Å². The van der Waals surface area contributed by atoms with E-state index in [9.17, 15) is 0 Å². The van der Waals surface area contributed by atoms with Gasteiger partial charge in [0.25, 0.3) is 0 Å². The molecule has 5 aromatic rings. The molecule has 0 N–H and O–H groups in total. The Bertz CT molecular complexity index is 1490. The maximum atomic E-state index is 6.65. The quantitative estimate of drug-likeness (QED) is 0.285. The lowest BCUT2D eigenvalue weighted by molar-refractivity contribution is 0.469. The molecule has 2 heterocycles. The number of para-hydroxylation sites is 1. The third kappa shape index (κ3) is 2.49. The van der Waals surface area contributed by atoms with Crippen molar-refractivity contribution in [1.82, 2.24) is 0 Å². The Morgan fingerprint density at radius 2 is 1.26 bits per heavy atom. The molecule has 2 nitrogen and oxygen atoms in total. The summed E-state index contributed by atoms with van der Waals surface area (Å²) < 4.78 is 13.1. The molecule has 0 spiro atoms. The van der Waals surface area contributed by atoms with Crippen LogP contribution in [-0.2, 0) is 0 Å². The second-order valence-electron chi connectivity index (χ2n) is 7.83. The summed E-state index contributed by atoms with van der Waals surface area (Å²) in [5.41, 5.74) is 2.26. The highest BCUT2D eigenvalue weighted by Gasteiger charge is 2.37. The zero-order valence-corrected chi connectivity index (χ0v) is 17.5. The van der Waals surface area contributed by atoms with E-state index in [1.807, 2.05) is 12.1 Å². The molecule has 1 atom stereocenters. The number of rotatable bonds is 1. The summed E-state index contributed by atoms with van der Waals surface area (Å²) >= 11 is 0. The van der Waals surface area contributed by atoms with Gasteiger partial charge in [-0.2, -0.15) is 0 Å².